The van der Waals surface area contributed by atoms with E-state index in [1.54, 1.807) is 0 Å². The van der Waals surface area contributed by atoms with Crippen molar-refractivity contribution in [3.05, 3.63) is 77.6 Å². The second-order valence-electron chi connectivity index (χ2n) is 6.98. The highest BCUT2D eigenvalue weighted by Crippen LogP contribution is 2.28. The van der Waals surface area contributed by atoms with Crippen LogP contribution in [0.2, 0.25) is 0 Å². The molecule has 1 aliphatic rings. The van der Waals surface area contributed by atoms with E-state index in [2.05, 4.69) is 48.4 Å². The minimum absolute atomic E-state index is 0.738. The molecule has 1 aliphatic heterocycles. The third-order valence-electron chi connectivity index (χ3n) is 4.96. The maximum absolute atomic E-state index is 6.08. The summed E-state index contributed by atoms with van der Waals surface area (Å²) < 4.78 is 0. The van der Waals surface area contributed by atoms with Crippen molar-refractivity contribution in [2.45, 2.75) is 20.3 Å². The van der Waals surface area contributed by atoms with E-state index < -0.39 is 0 Å². The van der Waals surface area contributed by atoms with E-state index in [4.69, 9.17) is 10.7 Å². The van der Waals surface area contributed by atoms with Crippen LogP contribution in [0.25, 0.3) is 5.70 Å². The second-order valence-corrected chi connectivity index (χ2v) is 6.98. The van der Waals surface area contributed by atoms with Crippen molar-refractivity contribution in [1.82, 2.24) is 10.2 Å². The molecular weight excluding hydrogens is 346 g/mol. The van der Waals surface area contributed by atoms with Gasteiger partial charge < -0.3 is 21.3 Å². The molecule has 0 radical (unpaired) electrons. The number of nitrogens with one attached hydrogen (secondary N) is 2. The van der Waals surface area contributed by atoms with Crippen LogP contribution < -0.4 is 16.4 Å². The van der Waals surface area contributed by atoms with Gasteiger partial charge in [-0.25, -0.2) is 4.99 Å². The van der Waals surface area contributed by atoms with Crippen LogP contribution in [0.3, 0.4) is 0 Å². The molecule has 28 heavy (non-hydrogen) atoms. The summed E-state index contributed by atoms with van der Waals surface area (Å²) in [7, 11) is 1.98. The number of nitrogens with two attached hydrogens (primary N) is 1. The first-order valence-electron chi connectivity index (χ1n) is 9.64. The van der Waals surface area contributed by atoms with Crippen molar-refractivity contribution < 1.29 is 0 Å². The highest BCUT2D eigenvalue weighted by atomic mass is 15.2. The van der Waals surface area contributed by atoms with Crippen LogP contribution in [0.5, 0.6) is 0 Å². The largest absolute Gasteiger partial charge is 0.398 e. The summed E-state index contributed by atoms with van der Waals surface area (Å²) in [6.07, 6.45) is 3.01. The number of nitrogens with zero attached hydrogens (tertiary/aromatic N) is 2. The highest BCUT2D eigenvalue weighted by molar-refractivity contribution is 6.10. The summed E-state index contributed by atoms with van der Waals surface area (Å²) in [6, 6.07) is 14.4. The molecule has 5 nitrogen and oxygen atoms in total. The van der Waals surface area contributed by atoms with E-state index in [-0.39, 0.29) is 0 Å². The first kappa shape index (κ1) is 19.7. The molecule has 0 unspecified atom stereocenters. The predicted octanol–water partition coefficient (Wildman–Crippen LogP) is 4.00. The lowest BCUT2D eigenvalue weighted by Gasteiger charge is -2.26. The van der Waals surface area contributed by atoms with Gasteiger partial charge in [0.25, 0.3) is 0 Å². The van der Waals surface area contributed by atoms with Crippen molar-refractivity contribution in [2.75, 3.05) is 31.2 Å². The van der Waals surface area contributed by atoms with Gasteiger partial charge in [0.1, 0.15) is 0 Å². The standard InChI is InChI=1S/C23H29N5/c1-5-25-14-13-18-9-11-19(12-10-18)26-23-17(3)28(4)15-22(27-23)20-7-6-8-21(24)16(20)2/h6-12,15,25H,3,5,13-14,24H2,1-2,4H3,(H,26,27). The van der Waals surface area contributed by atoms with E-state index in [1.165, 1.54) is 5.56 Å². The van der Waals surface area contributed by atoms with Gasteiger partial charge in [-0.15, -0.1) is 0 Å². The minimum Gasteiger partial charge on any atom is -0.398 e. The Morgan fingerprint density at radius 2 is 1.89 bits per heavy atom. The molecule has 0 spiro atoms. The van der Waals surface area contributed by atoms with Gasteiger partial charge in [0.2, 0.25) is 0 Å². The SMILES string of the molecule is C=C1C(Nc2ccc(CCNCC)cc2)=NC(c2cccc(N)c2C)=CN1C. The van der Waals surface area contributed by atoms with Crippen LogP contribution in [0.1, 0.15) is 23.6 Å². The van der Waals surface area contributed by atoms with Crippen molar-refractivity contribution >= 4 is 22.9 Å². The topological polar surface area (TPSA) is 65.7 Å². The Hall–Kier alpha value is -3.05. The van der Waals surface area contributed by atoms with Crippen molar-refractivity contribution in [1.29, 1.82) is 0 Å². The number of anilines is 2. The number of hydrogen-bond acceptors (Lipinski definition) is 5. The number of nitrogen functional groups attached to an aromatic ring is 1. The number of hydrogen-bond donors (Lipinski definition) is 3. The smallest absolute Gasteiger partial charge is 0.154 e. The van der Waals surface area contributed by atoms with E-state index in [1.807, 2.05) is 43.3 Å². The molecule has 146 valence electrons. The van der Waals surface area contributed by atoms with Crippen LogP contribution in [-0.4, -0.2) is 30.9 Å². The van der Waals surface area contributed by atoms with Crippen molar-refractivity contribution in [3.63, 3.8) is 0 Å². The summed E-state index contributed by atoms with van der Waals surface area (Å²) in [5, 5.41) is 6.76. The average Bonchev–Trinajstić information content (AvgIpc) is 2.69. The maximum Gasteiger partial charge on any atom is 0.154 e. The Morgan fingerprint density at radius 1 is 1.14 bits per heavy atom. The maximum atomic E-state index is 6.08. The Labute approximate surface area is 167 Å². The van der Waals surface area contributed by atoms with E-state index in [0.717, 1.165) is 59.2 Å². The summed E-state index contributed by atoms with van der Waals surface area (Å²) in [4.78, 5) is 6.81. The number of amidine groups is 1. The Balaban J connectivity index is 1.80. The third kappa shape index (κ3) is 4.43. The molecule has 3 rings (SSSR count). The van der Waals surface area contributed by atoms with Gasteiger partial charge in [-0.05, 0) is 55.8 Å². The number of aliphatic imine (C=N–C) groups is 1. The Bertz CT molecular complexity index is 909. The zero-order valence-corrected chi connectivity index (χ0v) is 16.9. The molecule has 0 aliphatic carbocycles. The van der Waals surface area contributed by atoms with E-state index >= 15 is 0 Å². The number of benzene rings is 2. The summed E-state index contributed by atoms with van der Waals surface area (Å²) in [5.74, 6) is 0.738. The van der Waals surface area contributed by atoms with Gasteiger partial charge in [-0.3, -0.25) is 0 Å². The number of likely N-dealkylation sites (N-methyl/N-ethyl adjacent to an activating group) is 2. The molecule has 2 aromatic carbocycles. The molecule has 5 heteroatoms. The van der Waals surface area contributed by atoms with Gasteiger partial charge in [-0.2, -0.15) is 0 Å². The molecular formula is C23H29N5. The molecule has 1 heterocycles. The third-order valence-corrected chi connectivity index (χ3v) is 4.96. The monoisotopic (exact) mass is 375 g/mol. The quantitative estimate of drug-likeness (QED) is 0.527. The second kappa shape index (κ2) is 8.76. The van der Waals surface area contributed by atoms with Gasteiger partial charge in [0.15, 0.2) is 5.84 Å². The van der Waals surface area contributed by atoms with Crippen LogP contribution in [0.15, 0.2) is 65.9 Å². The fraction of sp³-hybridized carbons (Fsp3) is 0.261. The fourth-order valence-corrected chi connectivity index (χ4v) is 3.10. The molecule has 0 amide bonds. The van der Waals surface area contributed by atoms with Gasteiger partial charge in [0, 0.05) is 30.2 Å². The molecule has 0 aromatic heterocycles. The minimum atomic E-state index is 0.738. The summed E-state index contributed by atoms with van der Waals surface area (Å²) >= 11 is 0. The molecule has 4 N–H and O–H groups in total. The highest BCUT2D eigenvalue weighted by Gasteiger charge is 2.18. The molecule has 0 saturated carbocycles. The zero-order chi connectivity index (χ0) is 20.1. The van der Waals surface area contributed by atoms with Crippen LogP contribution in [-0.2, 0) is 6.42 Å². The van der Waals surface area contributed by atoms with E-state index in [0.29, 0.717) is 0 Å². The Kier molecular flexibility index (Phi) is 6.16. The van der Waals surface area contributed by atoms with E-state index in [9.17, 15) is 0 Å². The number of rotatable bonds is 6. The summed E-state index contributed by atoms with van der Waals surface area (Å²) in [5.41, 5.74) is 12.9. The predicted molar refractivity (Wildman–Crippen MR) is 120 cm³/mol. The zero-order valence-electron chi connectivity index (χ0n) is 16.9. The molecule has 2 aromatic rings. The molecule has 0 atom stereocenters. The average molecular weight is 376 g/mol. The van der Waals surface area contributed by atoms with Gasteiger partial charge in [-0.1, -0.05) is 37.8 Å². The lowest BCUT2D eigenvalue weighted by molar-refractivity contribution is 0.597. The van der Waals surface area contributed by atoms with Crippen molar-refractivity contribution in [3.8, 4) is 0 Å². The van der Waals surface area contributed by atoms with Crippen LogP contribution >= 0.6 is 0 Å². The van der Waals surface area contributed by atoms with Gasteiger partial charge >= 0.3 is 0 Å². The molecule has 0 fully saturated rings. The lowest BCUT2D eigenvalue weighted by atomic mass is 10.0. The van der Waals surface area contributed by atoms with Gasteiger partial charge in [0.05, 0.1) is 11.4 Å². The normalized spacial score (nSPS) is 14.0. The Morgan fingerprint density at radius 3 is 2.61 bits per heavy atom. The fourth-order valence-electron chi connectivity index (χ4n) is 3.10. The van der Waals surface area contributed by atoms with Crippen LogP contribution in [0.4, 0.5) is 11.4 Å². The first-order valence-corrected chi connectivity index (χ1v) is 9.64. The lowest BCUT2D eigenvalue weighted by Crippen LogP contribution is -2.27. The summed E-state index contributed by atoms with van der Waals surface area (Å²) in [6.45, 7) is 10.3. The molecule has 0 bridgehead atoms. The van der Waals surface area contributed by atoms with Crippen molar-refractivity contribution in [2.24, 2.45) is 4.99 Å². The van der Waals surface area contributed by atoms with Crippen LogP contribution in [0, 0.1) is 6.92 Å². The first-order chi connectivity index (χ1) is 13.5. The molecule has 0 saturated heterocycles.